The first kappa shape index (κ1) is 12.9. The lowest BCUT2D eigenvalue weighted by molar-refractivity contribution is -0.00224. The molecule has 1 aromatic heterocycles. The van der Waals surface area contributed by atoms with Crippen molar-refractivity contribution in [1.82, 2.24) is 9.97 Å². The fourth-order valence-electron chi connectivity index (χ4n) is 2.86. The largest absolute Gasteiger partial charge is 0.378 e. The molecule has 0 radical (unpaired) electrons. The minimum atomic E-state index is 0.468. The molecule has 2 fully saturated rings. The molecule has 0 aromatic carbocycles. The predicted octanol–water partition coefficient (Wildman–Crippen LogP) is 2.77. The van der Waals surface area contributed by atoms with Gasteiger partial charge in [-0.15, -0.1) is 0 Å². The number of aryl methyl sites for hydroxylation is 2. The molecule has 19 heavy (non-hydrogen) atoms. The number of anilines is 1. The lowest BCUT2D eigenvalue weighted by atomic mass is 10.00. The smallest absolute Gasteiger partial charge is 0.133 e. The summed E-state index contributed by atoms with van der Waals surface area (Å²) in [5.74, 6) is 2.67. The van der Waals surface area contributed by atoms with Crippen molar-refractivity contribution in [3.8, 4) is 0 Å². The summed E-state index contributed by atoms with van der Waals surface area (Å²) >= 11 is 0. The van der Waals surface area contributed by atoms with Crippen molar-refractivity contribution >= 4 is 5.82 Å². The van der Waals surface area contributed by atoms with Crippen LogP contribution in [-0.2, 0) is 4.74 Å². The van der Waals surface area contributed by atoms with Crippen molar-refractivity contribution in [3.63, 3.8) is 0 Å². The Hall–Kier alpha value is -1.16. The van der Waals surface area contributed by atoms with Crippen LogP contribution in [-0.4, -0.2) is 28.7 Å². The molecule has 104 valence electrons. The Labute approximate surface area is 115 Å². The Morgan fingerprint density at radius 3 is 2.63 bits per heavy atom. The first-order valence-electron chi connectivity index (χ1n) is 7.33. The zero-order chi connectivity index (χ0) is 13.4. The standard InChI is InChI=1S/C15H23N3O/c1-9-10(2)16-11(3)17-15(9)18-13-6-7-19-14(8-13)12-4-5-12/h12-14H,4-8H2,1-3H3,(H,16,17,18). The van der Waals surface area contributed by atoms with Gasteiger partial charge >= 0.3 is 0 Å². The van der Waals surface area contributed by atoms with Crippen LogP contribution in [0, 0.1) is 26.7 Å². The summed E-state index contributed by atoms with van der Waals surface area (Å²) in [6, 6.07) is 0.492. The highest BCUT2D eigenvalue weighted by Gasteiger charge is 2.36. The number of hydrogen-bond donors (Lipinski definition) is 1. The van der Waals surface area contributed by atoms with Crippen LogP contribution in [0.5, 0.6) is 0 Å². The number of aromatic nitrogens is 2. The second-order valence-electron chi connectivity index (χ2n) is 5.94. The molecule has 1 aromatic rings. The quantitative estimate of drug-likeness (QED) is 0.909. The average Bonchev–Trinajstić information content (AvgIpc) is 3.20. The van der Waals surface area contributed by atoms with Crippen LogP contribution in [0.2, 0.25) is 0 Å². The Kier molecular flexibility index (Phi) is 3.44. The fraction of sp³-hybridized carbons (Fsp3) is 0.733. The van der Waals surface area contributed by atoms with Crippen LogP contribution in [0.15, 0.2) is 0 Å². The average molecular weight is 261 g/mol. The first-order valence-corrected chi connectivity index (χ1v) is 7.33. The van der Waals surface area contributed by atoms with Crippen molar-refractivity contribution in [2.45, 2.75) is 58.6 Å². The molecule has 1 N–H and O–H groups in total. The monoisotopic (exact) mass is 261 g/mol. The van der Waals surface area contributed by atoms with Gasteiger partial charge in [-0.1, -0.05) is 0 Å². The minimum Gasteiger partial charge on any atom is -0.378 e. The van der Waals surface area contributed by atoms with Crippen LogP contribution in [0.4, 0.5) is 5.82 Å². The van der Waals surface area contributed by atoms with E-state index in [1.54, 1.807) is 0 Å². The Morgan fingerprint density at radius 1 is 1.11 bits per heavy atom. The van der Waals surface area contributed by atoms with Crippen molar-refractivity contribution < 1.29 is 4.74 Å². The third-order valence-electron chi connectivity index (χ3n) is 4.30. The molecular weight excluding hydrogens is 238 g/mol. The predicted molar refractivity (Wildman–Crippen MR) is 75.4 cm³/mol. The Morgan fingerprint density at radius 2 is 1.89 bits per heavy atom. The zero-order valence-corrected chi connectivity index (χ0v) is 12.1. The summed E-state index contributed by atoms with van der Waals surface area (Å²) in [6.45, 7) is 6.97. The van der Waals surface area contributed by atoms with Gasteiger partial charge in [0.15, 0.2) is 0 Å². The highest BCUT2D eigenvalue weighted by Crippen LogP contribution is 2.38. The molecular formula is C15H23N3O. The van der Waals surface area contributed by atoms with E-state index >= 15 is 0 Å². The maximum absolute atomic E-state index is 5.87. The van der Waals surface area contributed by atoms with Gasteiger partial charge in [-0.25, -0.2) is 9.97 Å². The third-order valence-corrected chi connectivity index (χ3v) is 4.30. The van der Waals surface area contributed by atoms with Gasteiger partial charge in [-0.3, -0.25) is 0 Å². The summed E-state index contributed by atoms with van der Waals surface area (Å²) < 4.78 is 5.87. The fourth-order valence-corrected chi connectivity index (χ4v) is 2.86. The number of rotatable bonds is 3. The van der Waals surface area contributed by atoms with E-state index in [0.29, 0.717) is 12.1 Å². The number of nitrogens with zero attached hydrogens (tertiary/aromatic N) is 2. The minimum absolute atomic E-state index is 0.468. The van der Waals surface area contributed by atoms with Crippen molar-refractivity contribution in [3.05, 3.63) is 17.1 Å². The van der Waals surface area contributed by atoms with E-state index in [0.717, 1.165) is 42.7 Å². The van der Waals surface area contributed by atoms with Crippen LogP contribution < -0.4 is 5.32 Å². The second kappa shape index (κ2) is 5.08. The van der Waals surface area contributed by atoms with Crippen LogP contribution in [0.3, 0.4) is 0 Å². The summed E-state index contributed by atoms with van der Waals surface area (Å²) in [5, 5.41) is 3.61. The van der Waals surface area contributed by atoms with Crippen molar-refractivity contribution in [1.29, 1.82) is 0 Å². The van der Waals surface area contributed by atoms with Gasteiger partial charge in [0.2, 0.25) is 0 Å². The summed E-state index contributed by atoms with van der Waals surface area (Å²) in [4.78, 5) is 8.95. The van der Waals surface area contributed by atoms with Gasteiger partial charge < -0.3 is 10.1 Å². The topological polar surface area (TPSA) is 47.0 Å². The lowest BCUT2D eigenvalue weighted by Gasteiger charge is -2.31. The molecule has 2 aliphatic rings. The van der Waals surface area contributed by atoms with E-state index in [1.165, 1.54) is 18.4 Å². The van der Waals surface area contributed by atoms with Crippen molar-refractivity contribution in [2.75, 3.05) is 11.9 Å². The maximum atomic E-state index is 5.87. The number of nitrogens with one attached hydrogen (secondary N) is 1. The summed E-state index contributed by atoms with van der Waals surface area (Å²) in [5.41, 5.74) is 2.24. The van der Waals surface area contributed by atoms with E-state index in [9.17, 15) is 0 Å². The molecule has 1 aliphatic heterocycles. The normalized spacial score (nSPS) is 27.3. The first-order chi connectivity index (χ1) is 9.13. The third kappa shape index (κ3) is 2.89. The van der Waals surface area contributed by atoms with E-state index in [4.69, 9.17) is 4.74 Å². The number of hydrogen-bond acceptors (Lipinski definition) is 4. The van der Waals surface area contributed by atoms with Gasteiger partial charge in [-0.05, 0) is 52.4 Å². The molecule has 2 heterocycles. The molecule has 0 amide bonds. The van der Waals surface area contributed by atoms with Crippen LogP contribution in [0.25, 0.3) is 0 Å². The van der Waals surface area contributed by atoms with Gasteiger partial charge in [0.1, 0.15) is 11.6 Å². The zero-order valence-electron chi connectivity index (χ0n) is 12.1. The SMILES string of the molecule is Cc1nc(C)c(C)c(NC2CCOC(C3CC3)C2)n1. The lowest BCUT2D eigenvalue weighted by Crippen LogP contribution is -2.35. The molecule has 1 aliphatic carbocycles. The molecule has 4 nitrogen and oxygen atoms in total. The molecule has 0 bridgehead atoms. The molecule has 1 saturated carbocycles. The Bertz CT molecular complexity index is 471. The van der Waals surface area contributed by atoms with Gasteiger partial charge in [0.25, 0.3) is 0 Å². The van der Waals surface area contributed by atoms with E-state index in [2.05, 4.69) is 22.2 Å². The summed E-state index contributed by atoms with van der Waals surface area (Å²) in [6.07, 6.45) is 5.36. The molecule has 2 unspecified atom stereocenters. The van der Waals surface area contributed by atoms with E-state index < -0.39 is 0 Å². The Balaban J connectivity index is 1.70. The molecule has 3 rings (SSSR count). The molecule has 4 heteroatoms. The van der Waals surface area contributed by atoms with Gasteiger partial charge in [0.05, 0.1) is 6.10 Å². The molecule has 1 saturated heterocycles. The summed E-state index contributed by atoms with van der Waals surface area (Å²) in [7, 11) is 0. The maximum Gasteiger partial charge on any atom is 0.133 e. The molecule has 0 spiro atoms. The van der Waals surface area contributed by atoms with Crippen LogP contribution >= 0.6 is 0 Å². The van der Waals surface area contributed by atoms with Crippen molar-refractivity contribution in [2.24, 2.45) is 5.92 Å². The van der Waals surface area contributed by atoms with Gasteiger partial charge in [0, 0.05) is 23.9 Å². The van der Waals surface area contributed by atoms with Gasteiger partial charge in [-0.2, -0.15) is 0 Å². The second-order valence-corrected chi connectivity index (χ2v) is 5.94. The van der Waals surface area contributed by atoms with E-state index in [1.807, 2.05) is 13.8 Å². The molecule has 2 atom stereocenters. The highest BCUT2D eigenvalue weighted by molar-refractivity contribution is 5.46. The van der Waals surface area contributed by atoms with Crippen LogP contribution in [0.1, 0.15) is 42.8 Å². The van der Waals surface area contributed by atoms with E-state index in [-0.39, 0.29) is 0 Å². The number of ether oxygens (including phenoxy) is 1. The highest BCUT2D eigenvalue weighted by atomic mass is 16.5.